The molecule has 0 unspecified atom stereocenters. The Balaban J connectivity index is 2.17. The smallest absolute Gasteiger partial charge is 0.247 e. The molecule has 0 amide bonds. The Morgan fingerprint density at radius 2 is 1.70 bits per heavy atom. The first-order chi connectivity index (χ1) is 9.69. The summed E-state index contributed by atoms with van der Waals surface area (Å²) in [6.45, 7) is 1.84. The maximum atomic E-state index is 12.6. The highest BCUT2D eigenvalue weighted by molar-refractivity contribution is 6.01. The van der Waals surface area contributed by atoms with Crippen molar-refractivity contribution in [3.05, 3.63) is 65.7 Å². The number of hydrogen-bond donors (Lipinski definition) is 0. The fourth-order valence-corrected chi connectivity index (χ4v) is 2.73. The van der Waals surface area contributed by atoms with Gasteiger partial charge in [0, 0.05) is 12.7 Å². The van der Waals surface area contributed by atoms with Gasteiger partial charge in [0.05, 0.1) is 11.5 Å². The van der Waals surface area contributed by atoms with Crippen LogP contribution in [-0.4, -0.2) is 12.9 Å². The number of methoxy groups -OCH3 is 1. The molecule has 2 aromatic carbocycles. The van der Waals surface area contributed by atoms with Crippen molar-refractivity contribution in [1.29, 1.82) is 0 Å². The van der Waals surface area contributed by atoms with Crippen LogP contribution in [0, 0.1) is 5.92 Å². The molecular formula is C17H16O3. The van der Waals surface area contributed by atoms with Crippen LogP contribution >= 0.6 is 0 Å². The van der Waals surface area contributed by atoms with Crippen LogP contribution in [0.3, 0.4) is 0 Å². The van der Waals surface area contributed by atoms with Crippen LogP contribution in [0.2, 0.25) is 0 Å². The van der Waals surface area contributed by atoms with Crippen molar-refractivity contribution in [2.75, 3.05) is 7.11 Å². The molecule has 0 bridgehead atoms. The second-order valence-electron chi connectivity index (χ2n) is 4.92. The molecule has 3 heteroatoms. The van der Waals surface area contributed by atoms with E-state index in [4.69, 9.17) is 9.47 Å². The predicted molar refractivity (Wildman–Crippen MR) is 75.7 cm³/mol. The third-order valence-corrected chi connectivity index (χ3v) is 3.86. The highest BCUT2D eigenvalue weighted by atomic mass is 16.7. The van der Waals surface area contributed by atoms with Gasteiger partial charge in [0.25, 0.3) is 0 Å². The highest BCUT2D eigenvalue weighted by Gasteiger charge is 2.49. The van der Waals surface area contributed by atoms with Gasteiger partial charge in [-0.25, -0.2) is 0 Å². The molecule has 2 aromatic rings. The van der Waals surface area contributed by atoms with Crippen LogP contribution in [0.25, 0.3) is 0 Å². The monoisotopic (exact) mass is 268 g/mol. The number of fused-ring (bicyclic) bond motifs is 1. The molecule has 0 aliphatic carbocycles. The fourth-order valence-electron chi connectivity index (χ4n) is 2.73. The summed E-state index contributed by atoms with van der Waals surface area (Å²) in [6.07, 6.45) is 0. The van der Waals surface area contributed by atoms with Gasteiger partial charge in [0.1, 0.15) is 5.75 Å². The van der Waals surface area contributed by atoms with E-state index in [2.05, 4.69) is 0 Å². The zero-order valence-corrected chi connectivity index (χ0v) is 11.5. The molecular weight excluding hydrogens is 252 g/mol. The van der Waals surface area contributed by atoms with Crippen LogP contribution in [0.4, 0.5) is 0 Å². The molecule has 3 nitrogen and oxygen atoms in total. The molecule has 3 rings (SSSR count). The number of Topliss-reactive ketones (excluding diaryl/α,β-unsaturated/α-hetero) is 1. The van der Waals surface area contributed by atoms with Gasteiger partial charge in [-0.2, -0.15) is 0 Å². The Kier molecular flexibility index (Phi) is 3.07. The van der Waals surface area contributed by atoms with E-state index in [0.717, 1.165) is 5.56 Å². The van der Waals surface area contributed by atoms with E-state index in [-0.39, 0.29) is 5.78 Å². The van der Waals surface area contributed by atoms with Gasteiger partial charge in [-0.05, 0) is 19.1 Å². The van der Waals surface area contributed by atoms with E-state index in [0.29, 0.717) is 11.3 Å². The lowest BCUT2D eigenvalue weighted by molar-refractivity contribution is -0.199. The fraction of sp³-hybridized carbons (Fsp3) is 0.235. The molecule has 1 heterocycles. The van der Waals surface area contributed by atoms with Crippen molar-refractivity contribution in [3.63, 3.8) is 0 Å². The third-order valence-electron chi connectivity index (χ3n) is 3.86. The van der Waals surface area contributed by atoms with Gasteiger partial charge in [-0.1, -0.05) is 42.5 Å². The van der Waals surface area contributed by atoms with Crippen LogP contribution < -0.4 is 4.74 Å². The van der Waals surface area contributed by atoms with Crippen LogP contribution in [0.15, 0.2) is 54.6 Å². The van der Waals surface area contributed by atoms with E-state index in [9.17, 15) is 4.79 Å². The van der Waals surface area contributed by atoms with E-state index < -0.39 is 11.7 Å². The molecule has 0 fully saturated rings. The van der Waals surface area contributed by atoms with Crippen molar-refractivity contribution in [2.45, 2.75) is 12.7 Å². The standard InChI is InChI=1S/C17H16O3/c1-12-16(18)14-10-6-7-11-15(14)20-17(12,19-2)13-8-4-3-5-9-13/h3-12H,1-2H3/t12-,17-/m1/s1. The molecule has 0 aromatic heterocycles. The number of carbonyl (C=O) groups excluding carboxylic acids is 1. The summed E-state index contributed by atoms with van der Waals surface area (Å²) in [7, 11) is 1.57. The summed E-state index contributed by atoms with van der Waals surface area (Å²) in [5.41, 5.74) is 1.46. The number of ketones is 1. The van der Waals surface area contributed by atoms with Gasteiger partial charge >= 0.3 is 0 Å². The van der Waals surface area contributed by atoms with Crippen molar-refractivity contribution in [3.8, 4) is 5.75 Å². The van der Waals surface area contributed by atoms with Crippen molar-refractivity contribution >= 4 is 5.78 Å². The first kappa shape index (κ1) is 12.9. The number of hydrogen-bond acceptors (Lipinski definition) is 3. The van der Waals surface area contributed by atoms with Gasteiger partial charge < -0.3 is 9.47 Å². The second-order valence-corrected chi connectivity index (χ2v) is 4.92. The van der Waals surface area contributed by atoms with E-state index in [1.807, 2.05) is 49.4 Å². The Morgan fingerprint density at radius 1 is 1.05 bits per heavy atom. The van der Waals surface area contributed by atoms with Crippen LogP contribution in [0.5, 0.6) is 5.75 Å². The van der Waals surface area contributed by atoms with Crippen molar-refractivity contribution in [2.24, 2.45) is 5.92 Å². The molecule has 0 N–H and O–H groups in total. The minimum absolute atomic E-state index is 0.0394. The van der Waals surface area contributed by atoms with Gasteiger partial charge in [-0.3, -0.25) is 4.79 Å². The summed E-state index contributed by atoms with van der Waals surface area (Å²) in [5.74, 6) is -0.865. The Labute approximate surface area is 118 Å². The Hall–Kier alpha value is -2.13. The molecule has 0 radical (unpaired) electrons. The maximum absolute atomic E-state index is 12.6. The quantitative estimate of drug-likeness (QED) is 0.837. The van der Waals surface area contributed by atoms with Crippen molar-refractivity contribution in [1.82, 2.24) is 0 Å². The summed E-state index contributed by atoms with van der Waals surface area (Å²) < 4.78 is 11.8. The van der Waals surface area contributed by atoms with Crippen LogP contribution in [0.1, 0.15) is 22.8 Å². The molecule has 1 aliphatic rings. The van der Waals surface area contributed by atoms with Crippen molar-refractivity contribution < 1.29 is 14.3 Å². The van der Waals surface area contributed by atoms with Gasteiger partial charge in [0.2, 0.25) is 5.79 Å². The minimum Gasteiger partial charge on any atom is -0.456 e. The number of rotatable bonds is 2. The minimum atomic E-state index is -1.06. The van der Waals surface area contributed by atoms with Gasteiger partial charge in [0.15, 0.2) is 5.78 Å². The number of ether oxygens (including phenoxy) is 2. The summed E-state index contributed by atoms with van der Waals surface area (Å²) >= 11 is 0. The lowest BCUT2D eigenvalue weighted by Gasteiger charge is -2.41. The van der Waals surface area contributed by atoms with Gasteiger partial charge in [-0.15, -0.1) is 0 Å². The first-order valence-corrected chi connectivity index (χ1v) is 6.62. The summed E-state index contributed by atoms with van der Waals surface area (Å²) in [6, 6.07) is 16.9. The summed E-state index contributed by atoms with van der Waals surface area (Å²) in [5, 5.41) is 0. The molecule has 0 saturated carbocycles. The Morgan fingerprint density at radius 3 is 2.40 bits per heavy atom. The van der Waals surface area contributed by atoms with E-state index in [1.54, 1.807) is 19.2 Å². The predicted octanol–water partition coefficient (Wildman–Crippen LogP) is 3.40. The lowest BCUT2D eigenvalue weighted by atomic mass is 9.84. The van der Waals surface area contributed by atoms with E-state index in [1.165, 1.54) is 0 Å². The largest absolute Gasteiger partial charge is 0.456 e. The molecule has 0 spiro atoms. The van der Waals surface area contributed by atoms with Crippen LogP contribution in [-0.2, 0) is 10.5 Å². The Bertz CT molecular complexity index is 636. The first-order valence-electron chi connectivity index (χ1n) is 6.62. The SMILES string of the molecule is CO[C@@]1(c2ccccc2)Oc2ccccc2C(=O)[C@H]1C. The van der Waals surface area contributed by atoms with E-state index >= 15 is 0 Å². The highest BCUT2D eigenvalue weighted by Crippen LogP contribution is 2.43. The lowest BCUT2D eigenvalue weighted by Crippen LogP contribution is -2.48. The maximum Gasteiger partial charge on any atom is 0.247 e. The molecule has 102 valence electrons. The average Bonchev–Trinajstić information content (AvgIpc) is 2.52. The number of benzene rings is 2. The number of carbonyl (C=O) groups is 1. The zero-order chi connectivity index (χ0) is 14.2. The third kappa shape index (κ3) is 1.74. The molecule has 1 aliphatic heterocycles. The number of para-hydroxylation sites is 1. The molecule has 20 heavy (non-hydrogen) atoms. The molecule has 2 atom stereocenters. The average molecular weight is 268 g/mol. The second kappa shape index (κ2) is 4.76. The zero-order valence-electron chi connectivity index (χ0n) is 11.5. The topological polar surface area (TPSA) is 35.5 Å². The molecule has 0 saturated heterocycles. The summed E-state index contributed by atoms with van der Waals surface area (Å²) in [4.78, 5) is 12.6. The normalized spacial score (nSPS) is 24.9.